The number of rotatable bonds is 21. The molecule has 0 radical (unpaired) electrons. The Balaban J connectivity index is 0. The third-order valence-electron chi connectivity index (χ3n) is 5.75. The van der Waals surface area contributed by atoms with E-state index in [-0.39, 0.29) is 36.0 Å². The van der Waals surface area contributed by atoms with Crippen molar-refractivity contribution in [1.29, 1.82) is 0 Å². The molecule has 0 amide bonds. The Kier molecular flexibility index (Phi) is 20.6. The van der Waals surface area contributed by atoms with Crippen molar-refractivity contribution >= 4 is 51.6 Å². The Morgan fingerprint density at radius 1 is 0.677 bits per heavy atom. The van der Waals surface area contributed by atoms with Gasteiger partial charge in [0.2, 0.25) is 4.75 Å². The first-order chi connectivity index (χ1) is 14.2. The van der Waals surface area contributed by atoms with Crippen LogP contribution >= 0.6 is 0 Å². The van der Waals surface area contributed by atoms with Crippen LogP contribution in [0.3, 0.4) is 0 Å². The van der Waals surface area contributed by atoms with E-state index in [9.17, 15) is 27.7 Å². The van der Waals surface area contributed by atoms with Crippen molar-refractivity contribution in [3.8, 4) is 0 Å². The van der Waals surface area contributed by atoms with Gasteiger partial charge in [-0.15, -0.1) is 0 Å². The molecule has 0 bridgehead atoms. The van der Waals surface area contributed by atoms with Gasteiger partial charge in [-0.3, -0.25) is 14.1 Å². The third kappa shape index (κ3) is 15.3. The van der Waals surface area contributed by atoms with E-state index in [4.69, 9.17) is 5.11 Å². The molecule has 0 fully saturated rings. The Hall–Kier alpha value is -0.150. The topological polar surface area (TPSA) is 129 Å². The predicted octanol–water partition coefficient (Wildman–Crippen LogP) is 5.18. The SMILES string of the molecule is CCCCCCCCCCCCCCCCCCC(CC(=O)O)(C(=O)O)S(=O)(=O)O.[NaH]. The van der Waals surface area contributed by atoms with Gasteiger partial charge in [0.25, 0.3) is 10.1 Å². The van der Waals surface area contributed by atoms with Gasteiger partial charge in [-0.05, 0) is 6.42 Å². The summed E-state index contributed by atoms with van der Waals surface area (Å²) in [7, 11) is -5.02. The van der Waals surface area contributed by atoms with Gasteiger partial charge >= 0.3 is 41.5 Å². The summed E-state index contributed by atoms with van der Waals surface area (Å²) in [5, 5.41) is 18.1. The van der Waals surface area contributed by atoms with Crippen molar-refractivity contribution in [3.63, 3.8) is 0 Å². The molecule has 1 unspecified atom stereocenters. The molecule has 180 valence electrons. The Bertz CT molecular complexity index is 580. The summed E-state index contributed by atoms with van der Waals surface area (Å²) in [6.45, 7) is 2.23. The monoisotopic (exact) mass is 474 g/mol. The summed E-state index contributed by atoms with van der Waals surface area (Å²) in [5.41, 5.74) is 0. The molecule has 31 heavy (non-hydrogen) atoms. The van der Waals surface area contributed by atoms with Gasteiger partial charge in [-0.1, -0.05) is 110 Å². The second-order valence-electron chi connectivity index (χ2n) is 8.40. The Labute approximate surface area is 210 Å². The second-order valence-corrected chi connectivity index (χ2v) is 10.1. The van der Waals surface area contributed by atoms with Crippen molar-refractivity contribution in [2.75, 3.05) is 0 Å². The fourth-order valence-electron chi connectivity index (χ4n) is 3.80. The molecule has 7 nitrogen and oxygen atoms in total. The molecular weight excluding hydrogens is 431 g/mol. The zero-order valence-corrected chi connectivity index (χ0v) is 19.4. The predicted molar refractivity (Wildman–Crippen MR) is 125 cm³/mol. The van der Waals surface area contributed by atoms with Gasteiger partial charge in [0.05, 0.1) is 6.42 Å². The maximum absolute atomic E-state index is 11.5. The third-order valence-corrected chi connectivity index (χ3v) is 7.27. The van der Waals surface area contributed by atoms with Crippen LogP contribution in [-0.4, -0.2) is 69.4 Å². The van der Waals surface area contributed by atoms with Gasteiger partial charge in [-0.2, -0.15) is 8.42 Å². The Morgan fingerprint density at radius 3 is 1.26 bits per heavy atom. The summed E-state index contributed by atoms with van der Waals surface area (Å²) in [5.74, 6) is -3.38. The minimum absolute atomic E-state index is 0. The van der Waals surface area contributed by atoms with Crippen LogP contribution in [0.1, 0.15) is 122 Å². The molecule has 0 aromatic rings. The first kappa shape index (κ1) is 33.0. The molecule has 0 aliphatic carbocycles. The standard InChI is InChI=1S/C22H42O7S.Na.H/c1-2-3-4-5-6-7-8-9-10-11-12-13-14-15-16-17-18-22(21(25)26,19-20(23)24)30(27,28)29;;/h2-19H2,1H3,(H,23,24)(H,25,26)(H,27,28,29);;. The summed E-state index contributed by atoms with van der Waals surface area (Å²) >= 11 is 0. The van der Waals surface area contributed by atoms with Crippen molar-refractivity contribution < 1.29 is 32.8 Å². The molecule has 0 heterocycles. The van der Waals surface area contributed by atoms with Crippen molar-refractivity contribution in [2.45, 2.75) is 127 Å². The van der Waals surface area contributed by atoms with Crippen LogP contribution in [0.4, 0.5) is 0 Å². The van der Waals surface area contributed by atoms with E-state index < -0.39 is 39.6 Å². The maximum atomic E-state index is 11.5. The van der Waals surface area contributed by atoms with Crippen LogP contribution in [-0.2, 0) is 19.7 Å². The van der Waals surface area contributed by atoms with Crippen LogP contribution in [0, 0.1) is 0 Å². The quantitative estimate of drug-likeness (QED) is 0.119. The average Bonchev–Trinajstić information content (AvgIpc) is 2.65. The molecule has 0 aliphatic heterocycles. The molecule has 0 aromatic heterocycles. The number of carboxylic acid groups (broad SMARTS) is 2. The van der Waals surface area contributed by atoms with E-state index in [0.717, 1.165) is 19.3 Å². The first-order valence-electron chi connectivity index (χ1n) is 11.6. The van der Waals surface area contributed by atoms with Gasteiger partial charge in [0.15, 0.2) is 0 Å². The van der Waals surface area contributed by atoms with Gasteiger partial charge in [0.1, 0.15) is 0 Å². The molecule has 0 aromatic carbocycles. The van der Waals surface area contributed by atoms with Crippen LogP contribution in [0.2, 0.25) is 0 Å². The van der Waals surface area contributed by atoms with E-state index in [1.807, 2.05) is 0 Å². The van der Waals surface area contributed by atoms with Gasteiger partial charge in [-0.25, -0.2) is 0 Å². The molecule has 0 aliphatic rings. The van der Waals surface area contributed by atoms with Crippen molar-refractivity contribution in [1.82, 2.24) is 0 Å². The molecule has 3 N–H and O–H groups in total. The number of hydrogen-bond acceptors (Lipinski definition) is 4. The van der Waals surface area contributed by atoms with Gasteiger partial charge in [0, 0.05) is 0 Å². The Morgan fingerprint density at radius 2 is 1.00 bits per heavy atom. The van der Waals surface area contributed by atoms with E-state index >= 15 is 0 Å². The van der Waals surface area contributed by atoms with Crippen molar-refractivity contribution in [2.24, 2.45) is 0 Å². The van der Waals surface area contributed by atoms with Crippen LogP contribution in [0.15, 0.2) is 0 Å². The summed E-state index contributed by atoms with van der Waals surface area (Å²) in [4.78, 5) is 22.3. The number of carboxylic acids is 2. The molecule has 0 saturated carbocycles. The molecule has 1 atom stereocenters. The van der Waals surface area contributed by atoms with Crippen LogP contribution in [0.25, 0.3) is 0 Å². The summed E-state index contributed by atoms with van der Waals surface area (Å²) < 4.78 is 29.7. The number of unbranched alkanes of at least 4 members (excludes halogenated alkanes) is 15. The second kappa shape index (κ2) is 19.3. The van der Waals surface area contributed by atoms with Crippen LogP contribution in [0.5, 0.6) is 0 Å². The van der Waals surface area contributed by atoms with E-state index in [1.54, 1.807) is 0 Å². The zero-order valence-electron chi connectivity index (χ0n) is 18.6. The van der Waals surface area contributed by atoms with E-state index in [0.29, 0.717) is 6.42 Å². The molecule has 0 rings (SSSR count). The number of hydrogen-bond donors (Lipinski definition) is 3. The summed E-state index contributed by atoms with van der Waals surface area (Å²) in [6, 6.07) is 0. The zero-order chi connectivity index (χ0) is 22.9. The minimum atomic E-state index is -5.02. The van der Waals surface area contributed by atoms with E-state index in [1.165, 1.54) is 70.6 Å². The number of carbonyl (C=O) groups is 2. The van der Waals surface area contributed by atoms with E-state index in [2.05, 4.69) is 6.92 Å². The molecule has 9 heteroatoms. The first-order valence-corrected chi connectivity index (χ1v) is 13.0. The fraction of sp³-hybridized carbons (Fsp3) is 0.909. The van der Waals surface area contributed by atoms with Crippen LogP contribution < -0.4 is 0 Å². The molecular formula is C22H43NaO7S. The molecule has 0 spiro atoms. The summed E-state index contributed by atoms with van der Waals surface area (Å²) in [6.07, 6.45) is 16.6. The average molecular weight is 475 g/mol. The van der Waals surface area contributed by atoms with Gasteiger partial charge < -0.3 is 10.2 Å². The fourth-order valence-corrected chi connectivity index (χ4v) is 4.73. The molecule has 0 saturated heterocycles. The van der Waals surface area contributed by atoms with Crippen molar-refractivity contribution in [3.05, 3.63) is 0 Å². The normalized spacial score (nSPS) is 13.4. The number of aliphatic carboxylic acids is 2.